The minimum Gasteiger partial charge on any atom is -0.246 e. The number of hydrogen-bond donors (Lipinski definition) is 0. The van der Waals surface area contributed by atoms with Gasteiger partial charge < -0.3 is 0 Å². The molecule has 0 saturated carbocycles. The molecule has 0 spiro atoms. The number of benzene rings is 8. The lowest BCUT2D eigenvalue weighted by atomic mass is 9.81. The lowest BCUT2D eigenvalue weighted by molar-refractivity contribution is 0.660. The van der Waals surface area contributed by atoms with Crippen molar-refractivity contribution in [1.29, 1.82) is 0 Å². The van der Waals surface area contributed by atoms with Gasteiger partial charge in [-0.05, 0) is 56.6 Å². The van der Waals surface area contributed by atoms with Gasteiger partial charge >= 0.3 is 0 Å². The van der Waals surface area contributed by atoms with E-state index >= 15 is 0 Å². The van der Waals surface area contributed by atoms with Crippen molar-refractivity contribution in [2.75, 3.05) is 0 Å². The highest BCUT2D eigenvalue weighted by molar-refractivity contribution is 6.19. The van der Waals surface area contributed by atoms with Gasteiger partial charge in [-0.25, -0.2) is 15.0 Å². The molecule has 0 fully saturated rings. The molecule has 2 aromatic heterocycles. The zero-order chi connectivity index (χ0) is 39.5. The minimum absolute atomic E-state index is 0.0548. The molecule has 59 heavy (non-hydrogen) atoms. The summed E-state index contributed by atoms with van der Waals surface area (Å²) in [7, 11) is 0. The maximum Gasteiger partial charge on any atom is 0.160 e. The predicted octanol–water partition coefficient (Wildman–Crippen LogP) is 14.5. The SMILES string of the molecule is CC1(C)c2ccccc2-c2ccc(-c3ccc(-c4cc(-c5cccc6c5nc(-c5ccccc5)c5cccc(-c7ccccc7)c56)nc(-c5ccccc5)n4)cc3)cc21. The molecule has 0 radical (unpaired) electrons. The van der Waals surface area contributed by atoms with Gasteiger partial charge in [-0.1, -0.05) is 202 Å². The first-order chi connectivity index (χ1) is 29.0. The molecule has 0 atom stereocenters. The number of fused-ring (bicyclic) bond motifs is 6. The standard InChI is InChI=1S/C56H39N3/c1-56(2)48-27-13-12-22-43(48)44-33-32-41(34-49(44)56)36-28-30-38(31-29-36)50-35-51(58-55(57-50)40-20-10-5-11-21-40)45-24-15-26-47-52-42(37-16-6-3-7-17-37)23-14-25-46(52)53(59-54(45)47)39-18-8-4-9-19-39/h3-35H,1-2H3. The molecular formula is C56H39N3. The van der Waals surface area contributed by atoms with Crippen LogP contribution < -0.4 is 0 Å². The molecule has 0 unspecified atom stereocenters. The topological polar surface area (TPSA) is 38.7 Å². The number of aromatic nitrogens is 3. The monoisotopic (exact) mass is 753 g/mol. The molecule has 0 N–H and O–H groups in total. The van der Waals surface area contributed by atoms with Gasteiger partial charge in [0.15, 0.2) is 5.82 Å². The van der Waals surface area contributed by atoms with Crippen LogP contribution in [0.15, 0.2) is 200 Å². The summed E-state index contributed by atoms with van der Waals surface area (Å²) in [6.45, 7) is 4.67. The van der Waals surface area contributed by atoms with Crippen LogP contribution in [0.5, 0.6) is 0 Å². The summed E-state index contributed by atoms with van der Waals surface area (Å²) in [6.07, 6.45) is 0. The van der Waals surface area contributed by atoms with E-state index in [1.54, 1.807) is 0 Å². The highest BCUT2D eigenvalue weighted by Crippen LogP contribution is 2.49. The van der Waals surface area contributed by atoms with Gasteiger partial charge in [-0.15, -0.1) is 0 Å². The third-order valence-electron chi connectivity index (χ3n) is 12.1. The van der Waals surface area contributed by atoms with E-state index in [0.717, 1.165) is 55.6 Å². The average molecular weight is 754 g/mol. The Kier molecular flexibility index (Phi) is 8.16. The van der Waals surface area contributed by atoms with E-state index in [0.29, 0.717) is 5.82 Å². The first-order valence-electron chi connectivity index (χ1n) is 20.3. The van der Waals surface area contributed by atoms with Gasteiger partial charge in [-0.3, -0.25) is 0 Å². The molecule has 10 aromatic rings. The number of para-hydroxylation sites is 1. The zero-order valence-electron chi connectivity index (χ0n) is 32.9. The van der Waals surface area contributed by atoms with Crippen molar-refractivity contribution in [2.24, 2.45) is 0 Å². The van der Waals surface area contributed by atoms with Crippen LogP contribution in [-0.4, -0.2) is 15.0 Å². The van der Waals surface area contributed by atoms with Gasteiger partial charge in [0.25, 0.3) is 0 Å². The van der Waals surface area contributed by atoms with Crippen molar-refractivity contribution >= 4 is 21.7 Å². The first kappa shape index (κ1) is 34.7. The number of pyridine rings is 1. The van der Waals surface area contributed by atoms with Crippen LogP contribution >= 0.6 is 0 Å². The second kappa shape index (κ2) is 13.9. The lowest BCUT2D eigenvalue weighted by Gasteiger charge is -2.22. The van der Waals surface area contributed by atoms with Crippen molar-refractivity contribution in [3.05, 3.63) is 211 Å². The molecule has 0 aliphatic heterocycles. The maximum atomic E-state index is 5.52. The van der Waals surface area contributed by atoms with Gasteiger partial charge in [0.1, 0.15) is 0 Å². The normalized spacial score (nSPS) is 12.7. The highest BCUT2D eigenvalue weighted by Gasteiger charge is 2.35. The maximum absolute atomic E-state index is 5.52. The van der Waals surface area contributed by atoms with Gasteiger partial charge in [0, 0.05) is 43.8 Å². The van der Waals surface area contributed by atoms with Gasteiger partial charge in [0.2, 0.25) is 0 Å². The summed E-state index contributed by atoms with van der Waals surface area (Å²) in [6, 6.07) is 71.2. The minimum atomic E-state index is -0.0548. The second-order valence-electron chi connectivity index (χ2n) is 16.0. The van der Waals surface area contributed by atoms with E-state index in [-0.39, 0.29) is 5.41 Å². The Morgan fingerprint density at radius 2 is 0.898 bits per heavy atom. The van der Waals surface area contributed by atoms with Gasteiger partial charge in [0.05, 0.1) is 22.6 Å². The lowest BCUT2D eigenvalue weighted by Crippen LogP contribution is -2.14. The summed E-state index contributed by atoms with van der Waals surface area (Å²) < 4.78 is 0. The molecule has 3 heteroatoms. The van der Waals surface area contributed by atoms with E-state index in [4.69, 9.17) is 15.0 Å². The Bertz CT molecular complexity index is 3210. The van der Waals surface area contributed by atoms with Crippen molar-refractivity contribution in [3.63, 3.8) is 0 Å². The van der Waals surface area contributed by atoms with E-state index < -0.39 is 0 Å². The van der Waals surface area contributed by atoms with Gasteiger partial charge in [-0.2, -0.15) is 0 Å². The fourth-order valence-electron chi connectivity index (χ4n) is 9.13. The largest absolute Gasteiger partial charge is 0.246 e. The Hall–Kier alpha value is -7.49. The third kappa shape index (κ3) is 5.85. The van der Waals surface area contributed by atoms with Crippen molar-refractivity contribution in [2.45, 2.75) is 19.3 Å². The van der Waals surface area contributed by atoms with E-state index in [1.165, 1.54) is 49.9 Å². The molecule has 0 saturated heterocycles. The van der Waals surface area contributed by atoms with Crippen LogP contribution in [0.2, 0.25) is 0 Å². The van der Waals surface area contributed by atoms with Crippen LogP contribution in [0.4, 0.5) is 0 Å². The molecule has 3 nitrogen and oxygen atoms in total. The fraction of sp³-hybridized carbons (Fsp3) is 0.0536. The molecule has 278 valence electrons. The first-order valence-corrected chi connectivity index (χ1v) is 20.3. The number of nitrogens with zero attached hydrogens (tertiary/aromatic N) is 3. The molecule has 0 amide bonds. The predicted molar refractivity (Wildman–Crippen MR) is 245 cm³/mol. The highest BCUT2D eigenvalue weighted by atomic mass is 14.9. The average Bonchev–Trinajstić information content (AvgIpc) is 3.54. The van der Waals surface area contributed by atoms with Crippen LogP contribution in [0.1, 0.15) is 25.0 Å². The molecule has 2 heterocycles. The third-order valence-corrected chi connectivity index (χ3v) is 12.1. The van der Waals surface area contributed by atoms with E-state index in [1.807, 2.05) is 18.2 Å². The molecule has 0 bridgehead atoms. The molecule has 8 aromatic carbocycles. The summed E-state index contributed by atoms with van der Waals surface area (Å²) >= 11 is 0. The number of hydrogen-bond acceptors (Lipinski definition) is 3. The van der Waals surface area contributed by atoms with Crippen molar-refractivity contribution in [3.8, 4) is 78.5 Å². The molecule has 1 aliphatic rings. The fourth-order valence-corrected chi connectivity index (χ4v) is 9.13. The smallest absolute Gasteiger partial charge is 0.160 e. The second-order valence-corrected chi connectivity index (χ2v) is 16.0. The molecule has 11 rings (SSSR count). The molecular weight excluding hydrogens is 715 g/mol. The quantitative estimate of drug-likeness (QED) is 0.159. The summed E-state index contributed by atoms with van der Waals surface area (Å²) in [5.41, 5.74) is 17.7. The molecule has 1 aliphatic carbocycles. The van der Waals surface area contributed by atoms with Crippen molar-refractivity contribution in [1.82, 2.24) is 15.0 Å². The Morgan fingerprint density at radius 1 is 0.339 bits per heavy atom. The Labute approximate surface area is 344 Å². The number of rotatable bonds is 6. The van der Waals surface area contributed by atoms with E-state index in [9.17, 15) is 0 Å². The van der Waals surface area contributed by atoms with Crippen molar-refractivity contribution < 1.29 is 0 Å². The van der Waals surface area contributed by atoms with Crippen LogP contribution in [0.3, 0.4) is 0 Å². The summed E-state index contributed by atoms with van der Waals surface area (Å²) in [4.78, 5) is 16.0. The van der Waals surface area contributed by atoms with Crippen LogP contribution in [0, 0.1) is 0 Å². The summed E-state index contributed by atoms with van der Waals surface area (Å²) in [5, 5.41) is 3.38. The van der Waals surface area contributed by atoms with Crippen LogP contribution in [0.25, 0.3) is 100 Å². The zero-order valence-corrected chi connectivity index (χ0v) is 32.9. The summed E-state index contributed by atoms with van der Waals surface area (Å²) in [5.74, 6) is 0.675. The Morgan fingerprint density at radius 3 is 1.64 bits per heavy atom. The van der Waals surface area contributed by atoms with E-state index in [2.05, 4.69) is 196 Å². The Balaban J connectivity index is 1.08. The van der Waals surface area contributed by atoms with Crippen LogP contribution in [-0.2, 0) is 5.41 Å².